The average Bonchev–Trinajstić information content (AvgIpc) is 2.53. The highest BCUT2D eigenvalue weighted by molar-refractivity contribution is 6.53. The van der Waals surface area contributed by atoms with Crippen molar-refractivity contribution in [3.63, 3.8) is 0 Å². The third kappa shape index (κ3) is 2.18. The molecule has 1 heterocycles. The minimum Gasteiger partial charge on any atom is -0.367 e. The van der Waals surface area contributed by atoms with E-state index in [1.807, 2.05) is 36.4 Å². The summed E-state index contributed by atoms with van der Waals surface area (Å²) >= 11 is 0. The molecule has 0 aliphatic carbocycles. The number of hydrogen-bond donors (Lipinski definition) is 2. The summed E-state index contributed by atoms with van der Waals surface area (Å²) in [4.78, 5) is 2.27. The number of hydrazone groups is 1. The van der Waals surface area contributed by atoms with E-state index in [-0.39, 0.29) is 0 Å². The Bertz CT molecular complexity index is 718. The van der Waals surface area contributed by atoms with Crippen LogP contribution in [0.5, 0.6) is 0 Å². The number of rotatable bonds is 1. The first kappa shape index (κ1) is 13.4. The molecule has 0 amide bonds. The van der Waals surface area contributed by atoms with Gasteiger partial charge in [-0.2, -0.15) is 5.10 Å². The van der Waals surface area contributed by atoms with E-state index in [4.69, 9.17) is 11.3 Å². The average molecular weight is 278 g/mol. The lowest BCUT2D eigenvalue weighted by atomic mass is 9.92. The Morgan fingerprint density at radius 3 is 2.48 bits per heavy atom. The number of anilines is 1. The fourth-order valence-corrected chi connectivity index (χ4v) is 2.82. The van der Waals surface area contributed by atoms with Gasteiger partial charge in [0.15, 0.2) is 0 Å². The summed E-state index contributed by atoms with van der Waals surface area (Å²) in [6, 6.07) is 16.0. The van der Waals surface area contributed by atoms with Crippen molar-refractivity contribution in [3.8, 4) is 0 Å². The van der Waals surface area contributed by atoms with Crippen molar-refractivity contribution in [1.29, 1.82) is 5.41 Å². The fraction of sp³-hybridized carbons (Fsp3) is 0.176. The van der Waals surface area contributed by atoms with Crippen LogP contribution in [-0.4, -0.2) is 18.0 Å². The van der Waals surface area contributed by atoms with Gasteiger partial charge < -0.3 is 10.7 Å². The van der Waals surface area contributed by atoms with Crippen LogP contribution in [0.25, 0.3) is 0 Å². The lowest BCUT2D eigenvalue weighted by molar-refractivity contribution is 0.828. The molecule has 0 fully saturated rings. The Kier molecular flexibility index (Phi) is 3.44. The molecule has 0 unspecified atom stereocenters. The predicted octanol–water partition coefficient (Wildman–Crippen LogP) is 2.76. The summed E-state index contributed by atoms with van der Waals surface area (Å²) in [7, 11) is 0. The molecule has 0 spiro atoms. The van der Waals surface area contributed by atoms with Gasteiger partial charge in [-0.15, -0.1) is 0 Å². The van der Waals surface area contributed by atoms with E-state index in [1.54, 1.807) is 0 Å². The van der Waals surface area contributed by atoms with Gasteiger partial charge in [-0.05, 0) is 18.6 Å². The van der Waals surface area contributed by atoms with E-state index in [9.17, 15) is 0 Å². The molecule has 1 aliphatic heterocycles. The third-order valence-electron chi connectivity index (χ3n) is 3.90. The zero-order valence-electron chi connectivity index (χ0n) is 12.0. The van der Waals surface area contributed by atoms with E-state index < -0.39 is 0 Å². The maximum Gasteiger partial charge on any atom is 0.116 e. The van der Waals surface area contributed by atoms with Crippen LogP contribution in [0, 0.1) is 5.41 Å². The van der Waals surface area contributed by atoms with Gasteiger partial charge in [0.25, 0.3) is 0 Å². The number of benzene rings is 2. The van der Waals surface area contributed by atoms with Crippen LogP contribution >= 0.6 is 0 Å². The summed E-state index contributed by atoms with van der Waals surface area (Å²) in [5.41, 5.74) is 4.94. The molecule has 3 N–H and O–H groups in total. The molecule has 0 saturated heterocycles. The molecule has 4 nitrogen and oxygen atoms in total. The first-order valence-corrected chi connectivity index (χ1v) is 7.05. The third-order valence-corrected chi connectivity index (χ3v) is 3.90. The van der Waals surface area contributed by atoms with Crippen LogP contribution in [0.2, 0.25) is 0 Å². The standard InChI is InChI=1S/C17H18N4/c1-2-21-11-12-7-3-4-8-13(12)17(20-19)16(18)14-9-5-6-10-15(14)21/h3-10,18H,2,11,19H2,1H3. The molecule has 0 saturated carbocycles. The molecule has 0 radical (unpaired) electrons. The number of nitrogens with one attached hydrogen (secondary N) is 1. The monoisotopic (exact) mass is 278 g/mol. The molecule has 0 atom stereocenters. The summed E-state index contributed by atoms with van der Waals surface area (Å²) in [5.74, 6) is 5.59. The van der Waals surface area contributed by atoms with Crippen LogP contribution in [0.15, 0.2) is 53.6 Å². The van der Waals surface area contributed by atoms with E-state index in [1.165, 1.54) is 0 Å². The zero-order chi connectivity index (χ0) is 14.8. The van der Waals surface area contributed by atoms with Crippen molar-refractivity contribution in [2.24, 2.45) is 10.9 Å². The van der Waals surface area contributed by atoms with Crippen molar-refractivity contribution in [1.82, 2.24) is 0 Å². The first-order valence-electron chi connectivity index (χ1n) is 7.05. The van der Waals surface area contributed by atoms with Gasteiger partial charge in [0, 0.05) is 29.9 Å². The van der Waals surface area contributed by atoms with Crippen molar-refractivity contribution in [2.45, 2.75) is 13.5 Å². The van der Waals surface area contributed by atoms with Gasteiger partial charge in [-0.3, -0.25) is 5.41 Å². The minimum absolute atomic E-state index is 0.374. The maximum absolute atomic E-state index is 8.52. The van der Waals surface area contributed by atoms with Gasteiger partial charge >= 0.3 is 0 Å². The summed E-state index contributed by atoms with van der Waals surface area (Å²) in [5, 5.41) is 12.4. The van der Waals surface area contributed by atoms with Crippen molar-refractivity contribution >= 4 is 17.1 Å². The Morgan fingerprint density at radius 2 is 1.76 bits per heavy atom. The second kappa shape index (κ2) is 5.40. The Morgan fingerprint density at radius 1 is 1.10 bits per heavy atom. The number of nitrogens with two attached hydrogens (primary N) is 1. The lowest BCUT2D eigenvalue weighted by Gasteiger charge is -2.29. The van der Waals surface area contributed by atoms with Gasteiger partial charge in [-0.1, -0.05) is 42.5 Å². The predicted molar refractivity (Wildman–Crippen MR) is 87.2 cm³/mol. The first-order chi connectivity index (χ1) is 10.3. The van der Waals surface area contributed by atoms with E-state index >= 15 is 0 Å². The Balaban J connectivity index is 2.25. The molecule has 0 aromatic heterocycles. The highest BCUT2D eigenvalue weighted by Gasteiger charge is 2.23. The van der Waals surface area contributed by atoms with E-state index in [0.717, 1.165) is 35.5 Å². The van der Waals surface area contributed by atoms with Crippen molar-refractivity contribution < 1.29 is 0 Å². The van der Waals surface area contributed by atoms with Crippen LogP contribution in [0.4, 0.5) is 5.69 Å². The zero-order valence-corrected chi connectivity index (χ0v) is 12.0. The van der Waals surface area contributed by atoms with Crippen LogP contribution in [-0.2, 0) is 6.54 Å². The van der Waals surface area contributed by atoms with Crippen LogP contribution in [0.3, 0.4) is 0 Å². The number of nitrogens with zero attached hydrogens (tertiary/aromatic N) is 2. The van der Waals surface area contributed by atoms with Crippen LogP contribution < -0.4 is 10.7 Å². The normalized spacial score (nSPS) is 16.1. The molecular formula is C17H18N4. The Hall–Kier alpha value is -2.62. The van der Waals surface area contributed by atoms with Crippen LogP contribution in [0.1, 0.15) is 23.6 Å². The second-order valence-corrected chi connectivity index (χ2v) is 5.04. The molecule has 0 bridgehead atoms. The fourth-order valence-electron chi connectivity index (χ4n) is 2.82. The Labute approximate surface area is 124 Å². The largest absolute Gasteiger partial charge is 0.367 e. The molecule has 4 heteroatoms. The minimum atomic E-state index is 0.374. The molecule has 3 rings (SSSR count). The smallest absolute Gasteiger partial charge is 0.116 e. The van der Waals surface area contributed by atoms with Gasteiger partial charge in [0.05, 0.1) is 5.71 Å². The molecule has 21 heavy (non-hydrogen) atoms. The summed E-state index contributed by atoms with van der Waals surface area (Å²) in [6.45, 7) is 3.80. The maximum atomic E-state index is 8.52. The molecule has 2 aromatic carbocycles. The lowest BCUT2D eigenvalue weighted by Crippen LogP contribution is -2.31. The van der Waals surface area contributed by atoms with E-state index in [2.05, 4.69) is 29.1 Å². The van der Waals surface area contributed by atoms with Gasteiger partial charge in [0.1, 0.15) is 5.71 Å². The quantitative estimate of drug-likeness (QED) is 0.622. The van der Waals surface area contributed by atoms with Gasteiger partial charge in [-0.25, -0.2) is 0 Å². The number of hydrogen-bond acceptors (Lipinski definition) is 4. The molecule has 1 aliphatic rings. The topological polar surface area (TPSA) is 65.5 Å². The number of para-hydroxylation sites is 1. The molecule has 2 aromatic rings. The summed E-state index contributed by atoms with van der Waals surface area (Å²) < 4.78 is 0. The van der Waals surface area contributed by atoms with Crippen molar-refractivity contribution in [3.05, 3.63) is 65.2 Å². The highest BCUT2D eigenvalue weighted by Crippen LogP contribution is 2.28. The van der Waals surface area contributed by atoms with Gasteiger partial charge in [0.2, 0.25) is 0 Å². The SMILES string of the molecule is CCN1Cc2ccccc2C(=NN)C(=N)c2ccccc21. The molecular weight excluding hydrogens is 260 g/mol. The van der Waals surface area contributed by atoms with E-state index in [0.29, 0.717) is 11.4 Å². The highest BCUT2D eigenvalue weighted by atomic mass is 15.1. The second-order valence-electron chi connectivity index (χ2n) is 5.04. The number of fused-ring (bicyclic) bond motifs is 2. The molecule has 106 valence electrons. The summed E-state index contributed by atoms with van der Waals surface area (Å²) in [6.07, 6.45) is 0. The van der Waals surface area contributed by atoms with Crippen molar-refractivity contribution in [2.75, 3.05) is 11.4 Å².